The van der Waals surface area contributed by atoms with Gasteiger partial charge in [0.1, 0.15) is 5.75 Å². The molecule has 0 spiro atoms. The molecule has 0 bridgehead atoms. The minimum absolute atomic E-state index is 0.738. The van der Waals surface area contributed by atoms with Crippen molar-refractivity contribution in [2.45, 2.75) is 65.2 Å². The largest absolute Gasteiger partial charge is 0.494 e. The molecular formula is C25H34O. The van der Waals surface area contributed by atoms with E-state index in [9.17, 15) is 0 Å². The zero-order chi connectivity index (χ0) is 18.5. The van der Waals surface area contributed by atoms with Crippen molar-refractivity contribution in [3.05, 3.63) is 48.1 Å². The summed E-state index contributed by atoms with van der Waals surface area (Å²) >= 11 is 0. The highest BCUT2D eigenvalue weighted by Gasteiger charge is 2.18. The number of rotatable bonds is 8. The first-order valence-corrected chi connectivity index (χ1v) is 10.4. The van der Waals surface area contributed by atoms with Crippen LogP contribution in [0.25, 0.3) is 6.08 Å². The van der Waals surface area contributed by atoms with Crippen molar-refractivity contribution in [3.63, 3.8) is 0 Å². The van der Waals surface area contributed by atoms with Crippen LogP contribution in [0.2, 0.25) is 0 Å². The van der Waals surface area contributed by atoms with Crippen LogP contribution >= 0.6 is 0 Å². The first-order valence-electron chi connectivity index (χ1n) is 10.4. The van der Waals surface area contributed by atoms with Crippen LogP contribution in [-0.2, 0) is 0 Å². The quantitative estimate of drug-likeness (QED) is 0.361. The molecule has 0 heterocycles. The first kappa shape index (κ1) is 20.4. The van der Waals surface area contributed by atoms with E-state index in [4.69, 9.17) is 4.74 Å². The van der Waals surface area contributed by atoms with Gasteiger partial charge < -0.3 is 4.74 Å². The lowest BCUT2D eigenvalue weighted by Gasteiger charge is -2.26. The lowest BCUT2D eigenvalue weighted by molar-refractivity contribution is 0.294. The third-order valence-electron chi connectivity index (χ3n) is 5.13. The van der Waals surface area contributed by atoms with Gasteiger partial charge in [0.15, 0.2) is 0 Å². The van der Waals surface area contributed by atoms with Crippen molar-refractivity contribution in [3.8, 4) is 17.6 Å². The maximum Gasteiger partial charge on any atom is 0.119 e. The monoisotopic (exact) mass is 350 g/mol. The van der Waals surface area contributed by atoms with E-state index in [1.807, 2.05) is 30.4 Å². The van der Waals surface area contributed by atoms with Gasteiger partial charge in [0.2, 0.25) is 0 Å². The lowest BCUT2D eigenvalue weighted by atomic mass is 9.80. The van der Waals surface area contributed by atoms with Crippen molar-refractivity contribution >= 4 is 6.08 Å². The fourth-order valence-corrected chi connectivity index (χ4v) is 3.51. The number of ether oxygens (including phenoxy) is 1. The molecule has 0 amide bonds. The summed E-state index contributed by atoms with van der Waals surface area (Å²) in [4.78, 5) is 0. The van der Waals surface area contributed by atoms with E-state index in [0.29, 0.717) is 0 Å². The molecule has 1 aromatic carbocycles. The average Bonchev–Trinajstić information content (AvgIpc) is 2.67. The highest BCUT2D eigenvalue weighted by Crippen LogP contribution is 2.31. The van der Waals surface area contributed by atoms with Crippen LogP contribution in [0.5, 0.6) is 5.75 Å². The second-order valence-corrected chi connectivity index (χ2v) is 7.32. The van der Waals surface area contributed by atoms with E-state index in [0.717, 1.165) is 42.6 Å². The van der Waals surface area contributed by atoms with Gasteiger partial charge in [0.05, 0.1) is 6.61 Å². The van der Waals surface area contributed by atoms with E-state index in [2.05, 4.69) is 43.9 Å². The number of allylic oxidation sites excluding steroid dienone is 3. The van der Waals surface area contributed by atoms with Gasteiger partial charge in [-0.05, 0) is 79.9 Å². The first-order chi connectivity index (χ1) is 12.8. The van der Waals surface area contributed by atoms with Crippen LogP contribution in [-0.4, -0.2) is 6.61 Å². The second-order valence-electron chi connectivity index (χ2n) is 7.32. The smallest absolute Gasteiger partial charge is 0.119 e. The van der Waals surface area contributed by atoms with Crippen LogP contribution in [0, 0.1) is 23.7 Å². The molecule has 1 aromatic rings. The third-order valence-corrected chi connectivity index (χ3v) is 5.13. The van der Waals surface area contributed by atoms with Crippen LogP contribution in [0.1, 0.15) is 70.8 Å². The molecule has 26 heavy (non-hydrogen) atoms. The topological polar surface area (TPSA) is 9.23 Å². The van der Waals surface area contributed by atoms with Crippen LogP contribution in [0.15, 0.2) is 42.5 Å². The molecular weight excluding hydrogens is 316 g/mol. The van der Waals surface area contributed by atoms with Crippen molar-refractivity contribution in [2.24, 2.45) is 11.8 Å². The summed E-state index contributed by atoms with van der Waals surface area (Å²) in [6.45, 7) is 5.26. The van der Waals surface area contributed by atoms with Crippen molar-refractivity contribution in [1.29, 1.82) is 0 Å². The summed E-state index contributed by atoms with van der Waals surface area (Å²) in [5.41, 5.74) is 1.15. The summed E-state index contributed by atoms with van der Waals surface area (Å²) in [7, 11) is 0. The van der Waals surface area contributed by atoms with Crippen LogP contribution in [0.3, 0.4) is 0 Å². The van der Waals surface area contributed by atoms with Gasteiger partial charge in [-0.3, -0.25) is 0 Å². The van der Waals surface area contributed by atoms with Gasteiger partial charge in [-0.25, -0.2) is 0 Å². The molecule has 1 aliphatic carbocycles. The molecule has 1 nitrogen and oxygen atoms in total. The predicted octanol–water partition coefficient (Wildman–Crippen LogP) is 7.04. The summed E-state index contributed by atoms with van der Waals surface area (Å²) in [5, 5.41) is 0. The third kappa shape index (κ3) is 7.96. The molecule has 0 aliphatic heterocycles. The molecule has 0 atom stereocenters. The summed E-state index contributed by atoms with van der Waals surface area (Å²) in [6.07, 6.45) is 18.8. The van der Waals surface area contributed by atoms with Gasteiger partial charge in [-0.15, -0.1) is 0 Å². The van der Waals surface area contributed by atoms with E-state index < -0.39 is 0 Å². The van der Waals surface area contributed by atoms with Gasteiger partial charge >= 0.3 is 0 Å². The summed E-state index contributed by atoms with van der Waals surface area (Å²) < 4.78 is 5.68. The molecule has 0 radical (unpaired) electrons. The zero-order valence-corrected chi connectivity index (χ0v) is 16.5. The fourth-order valence-electron chi connectivity index (χ4n) is 3.51. The molecule has 0 aromatic heterocycles. The molecule has 1 saturated carbocycles. The molecule has 1 fully saturated rings. The Labute approximate surface area is 160 Å². The van der Waals surface area contributed by atoms with Gasteiger partial charge in [-0.1, -0.05) is 63.2 Å². The Balaban J connectivity index is 1.70. The summed E-state index contributed by atoms with van der Waals surface area (Å²) in [6, 6.07) is 8.20. The maximum absolute atomic E-state index is 5.68. The highest BCUT2D eigenvalue weighted by atomic mass is 16.5. The molecule has 140 valence electrons. The Morgan fingerprint density at radius 1 is 0.962 bits per heavy atom. The fraction of sp³-hybridized carbons (Fsp3) is 0.520. The molecule has 1 heteroatoms. The van der Waals surface area contributed by atoms with E-state index >= 15 is 0 Å². The normalized spacial score (nSPS) is 20.2. The Kier molecular flexibility index (Phi) is 9.73. The van der Waals surface area contributed by atoms with Crippen molar-refractivity contribution in [2.75, 3.05) is 6.61 Å². The number of unbranched alkanes of at least 4 members (excludes halogenated alkanes) is 1. The number of benzene rings is 1. The van der Waals surface area contributed by atoms with Crippen LogP contribution < -0.4 is 4.74 Å². The van der Waals surface area contributed by atoms with Crippen LogP contribution in [0.4, 0.5) is 0 Å². The highest BCUT2D eigenvalue weighted by molar-refractivity contribution is 5.54. The van der Waals surface area contributed by atoms with Crippen molar-refractivity contribution in [1.82, 2.24) is 0 Å². The van der Waals surface area contributed by atoms with Crippen molar-refractivity contribution < 1.29 is 4.74 Å². The Morgan fingerprint density at radius 3 is 2.38 bits per heavy atom. The Morgan fingerprint density at radius 2 is 1.69 bits per heavy atom. The Bertz CT molecular complexity index is 604. The Hall–Kier alpha value is -1.94. The van der Waals surface area contributed by atoms with Gasteiger partial charge in [0, 0.05) is 0 Å². The number of hydrogen-bond donors (Lipinski definition) is 0. The summed E-state index contributed by atoms with van der Waals surface area (Å²) in [5.74, 6) is 8.91. The maximum atomic E-state index is 5.68. The van der Waals surface area contributed by atoms with Gasteiger partial charge in [-0.2, -0.15) is 0 Å². The minimum atomic E-state index is 0.738. The lowest BCUT2D eigenvalue weighted by Crippen LogP contribution is -2.12. The molecule has 2 rings (SSSR count). The molecule has 0 saturated heterocycles. The zero-order valence-electron chi connectivity index (χ0n) is 16.5. The van der Waals surface area contributed by atoms with E-state index in [1.165, 1.54) is 38.5 Å². The van der Waals surface area contributed by atoms with E-state index in [-0.39, 0.29) is 0 Å². The second kappa shape index (κ2) is 12.4. The number of hydrogen-bond acceptors (Lipinski definition) is 1. The SMILES string of the molecule is CCCCOc1ccc(C=CC#CC=CC2CCC(CCC)CC2)cc1. The molecule has 0 N–H and O–H groups in total. The predicted molar refractivity (Wildman–Crippen MR) is 113 cm³/mol. The molecule has 1 aliphatic rings. The van der Waals surface area contributed by atoms with Gasteiger partial charge in [0.25, 0.3) is 0 Å². The van der Waals surface area contributed by atoms with E-state index in [1.54, 1.807) is 0 Å². The average molecular weight is 351 g/mol. The minimum Gasteiger partial charge on any atom is -0.494 e. The standard InChI is InChI=1S/C25H34O/c1-3-5-21-26-25-19-17-24(18-20-25)12-9-7-6-8-11-23-15-13-22(10-4-2)14-16-23/h8-9,11-12,17-20,22-23H,3-5,10,13-16,21H2,1-2H3. The molecule has 0 unspecified atom stereocenters.